The number of rotatable bonds is 0. The molecule has 2 heterocycles. The first kappa shape index (κ1) is 12.0. The Morgan fingerprint density at radius 3 is 3.05 bits per heavy atom. The van der Waals surface area contributed by atoms with Gasteiger partial charge in [-0.2, -0.15) is 0 Å². The first-order valence-electron chi connectivity index (χ1n) is 6.41. The Hall–Kier alpha value is -2.01. The van der Waals surface area contributed by atoms with Crippen LogP contribution >= 0.6 is 0 Å². The molecule has 0 unspecified atom stereocenters. The highest BCUT2D eigenvalue weighted by Gasteiger charge is 2.32. The maximum atomic E-state index is 12.4. The molecular formula is C14H17N3O2. The summed E-state index contributed by atoms with van der Waals surface area (Å²) in [5.41, 5.74) is 10.0. The summed E-state index contributed by atoms with van der Waals surface area (Å²) in [4.78, 5) is 14.1. The number of nitrogens with two attached hydrogens (primary N) is 1. The Labute approximate surface area is 112 Å². The van der Waals surface area contributed by atoms with E-state index in [0.717, 1.165) is 35.5 Å². The average molecular weight is 259 g/mol. The van der Waals surface area contributed by atoms with Crippen LogP contribution in [0.2, 0.25) is 0 Å². The molecule has 0 bridgehead atoms. The minimum Gasteiger partial charge on any atom is -0.399 e. The van der Waals surface area contributed by atoms with E-state index < -0.39 is 0 Å². The van der Waals surface area contributed by atoms with Gasteiger partial charge in [0.1, 0.15) is 0 Å². The van der Waals surface area contributed by atoms with Crippen molar-refractivity contribution in [2.45, 2.75) is 6.42 Å². The van der Waals surface area contributed by atoms with Crippen LogP contribution in [-0.4, -0.2) is 32.7 Å². The number of likely N-dealkylation sites (N-methyl/N-ethyl adjacent to an activating group) is 1. The molecule has 19 heavy (non-hydrogen) atoms. The van der Waals surface area contributed by atoms with Crippen LogP contribution in [0.1, 0.15) is 12.0 Å². The minimum absolute atomic E-state index is 0.0185. The molecule has 2 aliphatic heterocycles. The summed E-state index contributed by atoms with van der Waals surface area (Å²) in [7, 11) is 1.79. The highest BCUT2D eigenvalue weighted by molar-refractivity contribution is 6.33. The molecule has 5 nitrogen and oxygen atoms in total. The van der Waals surface area contributed by atoms with Gasteiger partial charge in [0, 0.05) is 37.0 Å². The molecule has 0 atom stereocenters. The van der Waals surface area contributed by atoms with Gasteiger partial charge in [0.05, 0.1) is 24.5 Å². The van der Waals surface area contributed by atoms with E-state index in [2.05, 4.69) is 5.32 Å². The molecule has 1 fully saturated rings. The highest BCUT2D eigenvalue weighted by Crippen LogP contribution is 2.38. The van der Waals surface area contributed by atoms with Crippen LogP contribution in [-0.2, 0) is 9.53 Å². The van der Waals surface area contributed by atoms with E-state index in [1.807, 2.05) is 18.2 Å². The van der Waals surface area contributed by atoms with E-state index >= 15 is 0 Å². The number of carbonyl (C=O) groups excluding carboxylic acids is 1. The molecule has 1 saturated heterocycles. The number of ether oxygens (including phenoxy) is 1. The first-order chi connectivity index (χ1) is 9.18. The molecule has 0 saturated carbocycles. The summed E-state index contributed by atoms with van der Waals surface area (Å²) in [5.74, 6) is 0.0185. The van der Waals surface area contributed by atoms with Crippen molar-refractivity contribution in [2.75, 3.05) is 37.4 Å². The topological polar surface area (TPSA) is 67.6 Å². The Morgan fingerprint density at radius 2 is 2.21 bits per heavy atom. The summed E-state index contributed by atoms with van der Waals surface area (Å²) in [6.45, 7) is 2.04. The zero-order chi connectivity index (χ0) is 13.4. The van der Waals surface area contributed by atoms with Gasteiger partial charge in [-0.15, -0.1) is 0 Å². The molecule has 0 radical (unpaired) electrons. The highest BCUT2D eigenvalue weighted by atomic mass is 16.5. The number of anilines is 2. The van der Waals surface area contributed by atoms with Gasteiger partial charge < -0.3 is 20.7 Å². The van der Waals surface area contributed by atoms with Crippen LogP contribution in [0.4, 0.5) is 11.4 Å². The van der Waals surface area contributed by atoms with E-state index in [1.165, 1.54) is 0 Å². The van der Waals surface area contributed by atoms with Crippen LogP contribution in [0.25, 0.3) is 5.57 Å². The van der Waals surface area contributed by atoms with Gasteiger partial charge in [-0.25, -0.2) is 0 Å². The molecule has 3 N–H and O–H groups in total. The molecule has 5 heteroatoms. The summed E-state index contributed by atoms with van der Waals surface area (Å²) in [5, 5.41) is 3.30. The molecule has 1 amide bonds. The van der Waals surface area contributed by atoms with E-state index in [-0.39, 0.29) is 5.91 Å². The lowest BCUT2D eigenvalue weighted by Gasteiger charge is -2.10. The maximum absolute atomic E-state index is 12.4. The van der Waals surface area contributed by atoms with Crippen LogP contribution in [0.5, 0.6) is 0 Å². The average Bonchev–Trinajstić information content (AvgIpc) is 2.62. The third-order valence-electron chi connectivity index (χ3n) is 3.55. The number of hydrogen-bond donors (Lipinski definition) is 2. The summed E-state index contributed by atoms with van der Waals surface area (Å²) in [6, 6.07) is 5.58. The smallest absolute Gasteiger partial charge is 0.260 e. The van der Waals surface area contributed by atoms with Crippen molar-refractivity contribution in [1.82, 2.24) is 5.32 Å². The number of benzene rings is 1. The standard InChI is InChI=1S/C14H17N3O2/c1-17-12-3-2-9(15)8-10(12)13(14(17)18)11-4-6-19-7-5-16-11/h2-3,8,16H,4-7,15H2,1H3/b13-11-. The van der Waals surface area contributed by atoms with Crippen molar-refractivity contribution in [3.63, 3.8) is 0 Å². The fourth-order valence-electron chi connectivity index (χ4n) is 2.58. The molecule has 0 spiro atoms. The normalized spacial score (nSPS) is 23.0. The number of carbonyl (C=O) groups is 1. The Morgan fingerprint density at radius 1 is 1.37 bits per heavy atom. The minimum atomic E-state index is 0.0185. The van der Waals surface area contributed by atoms with Crippen molar-refractivity contribution in [3.8, 4) is 0 Å². The van der Waals surface area contributed by atoms with E-state index in [9.17, 15) is 4.79 Å². The largest absolute Gasteiger partial charge is 0.399 e. The predicted octanol–water partition coefficient (Wildman–Crippen LogP) is 0.966. The van der Waals surface area contributed by atoms with Crippen LogP contribution in [0, 0.1) is 0 Å². The second kappa shape index (κ2) is 4.59. The Kier molecular flexibility index (Phi) is 2.91. The molecular weight excluding hydrogens is 242 g/mol. The van der Waals surface area contributed by atoms with Gasteiger partial charge in [0.15, 0.2) is 0 Å². The summed E-state index contributed by atoms with van der Waals surface area (Å²) < 4.78 is 5.41. The third kappa shape index (κ3) is 1.96. The summed E-state index contributed by atoms with van der Waals surface area (Å²) >= 11 is 0. The van der Waals surface area contributed by atoms with Gasteiger partial charge in [-0.3, -0.25) is 4.79 Å². The van der Waals surface area contributed by atoms with Gasteiger partial charge in [-0.1, -0.05) is 0 Å². The SMILES string of the molecule is CN1C(=O)/C(=C2/CCOCCN2)c2cc(N)ccc21. The second-order valence-electron chi connectivity index (χ2n) is 4.78. The van der Waals surface area contributed by atoms with Crippen molar-refractivity contribution in [1.29, 1.82) is 0 Å². The molecule has 100 valence electrons. The van der Waals surface area contributed by atoms with Gasteiger partial charge in [0.25, 0.3) is 5.91 Å². The van der Waals surface area contributed by atoms with Crippen molar-refractivity contribution >= 4 is 22.9 Å². The predicted molar refractivity (Wildman–Crippen MR) is 74.6 cm³/mol. The first-order valence-corrected chi connectivity index (χ1v) is 6.41. The number of fused-ring (bicyclic) bond motifs is 1. The molecule has 3 rings (SSSR count). The van der Waals surface area contributed by atoms with E-state index in [4.69, 9.17) is 10.5 Å². The van der Waals surface area contributed by atoms with Crippen LogP contribution in [0.3, 0.4) is 0 Å². The second-order valence-corrected chi connectivity index (χ2v) is 4.78. The van der Waals surface area contributed by atoms with Crippen molar-refractivity contribution in [2.24, 2.45) is 0 Å². The lowest BCUT2D eigenvalue weighted by Crippen LogP contribution is -2.24. The van der Waals surface area contributed by atoms with E-state index in [1.54, 1.807) is 11.9 Å². The van der Waals surface area contributed by atoms with Gasteiger partial charge >= 0.3 is 0 Å². The number of nitrogen functional groups attached to an aromatic ring is 1. The molecule has 1 aromatic carbocycles. The molecule has 2 aliphatic rings. The Balaban J connectivity index is 2.14. The zero-order valence-electron chi connectivity index (χ0n) is 10.9. The van der Waals surface area contributed by atoms with Gasteiger partial charge in [-0.05, 0) is 18.2 Å². The van der Waals surface area contributed by atoms with Crippen LogP contribution < -0.4 is 16.0 Å². The fourth-order valence-corrected chi connectivity index (χ4v) is 2.58. The molecule has 1 aromatic rings. The number of amides is 1. The fraction of sp³-hybridized carbons (Fsp3) is 0.357. The van der Waals surface area contributed by atoms with Crippen molar-refractivity contribution < 1.29 is 9.53 Å². The van der Waals surface area contributed by atoms with Crippen LogP contribution in [0.15, 0.2) is 23.9 Å². The lowest BCUT2D eigenvalue weighted by atomic mass is 10.0. The van der Waals surface area contributed by atoms with Crippen molar-refractivity contribution in [3.05, 3.63) is 29.5 Å². The number of hydrogen-bond acceptors (Lipinski definition) is 4. The summed E-state index contributed by atoms with van der Waals surface area (Å²) in [6.07, 6.45) is 0.725. The zero-order valence-corrected chi connectivity index (χ0v) is 10.9. The lowest BCUT2D eigenvalue weighted by molar-refractivity contribution is -0.112. The Bertz CT molecular complexity index is 556. The van der Waals surface area contributed by atoms with E-state index in [0.29, 0.717) is 18.9 Å². The maximum Gasteiger partial charge on any atom is 0.260 e. The monoisotopic (exact) mass is 259 g/mol. The quantitative estimate of drug-likeness (QED) is 0.538. The number of nitrogens with zero attached hydrogens (tertiary/aromatic N) is 1. The van der Waals surface area contributed by atoms with Gasteiger partial charge in [0.2, 0.25) is 0 Å². The molecule has 0 aromatic heterocycles. The molecule has 0 aliphatic carbocycles. The third-order valence-corrected chi connectivity index (χ3v) is 3.55. The number of nitrogens with one attached hydrogen (secondary N) is 1.